The minimum absolute atomic E-state index is 0.0144. The van der Waals surface area contributed by atoms with Crippen LogP contribution in [0.25, 0.3) is 16.9 Å². The number of fused-ring (bicyclic) bond motifs is 1. The highest BCUT2D eigenvalue weighted by atomic mass is 16.5. The van der Waals surface area contributed by atoms with Crippen molar-refractivity contribution in [3.8, 4) is 17.0 Å². The quantitative estimate of drug-likeness (QED) is 0.472. The lowest BCUT2D eigenvalue weighted by atomic mass is 9.91. The van der Waals surface area contributed by atoms with Crippen molar-refractivity contribution in [2.75, 3.05) is 26.1 Å². The number of rotatable bonds is 7. The summed E-state index contributed by atoms with van der Waals surface area (Å²) < 4.78 is 11.8. The van der Waals surface area contributed by atoms with Gasteiger partial charge in [0.15, 0.2) is 0 Å². The van der Waals surface area contributed by atoms with Crippen LogP contribution in [0.2, 0.25) is 0 Å². The molecule has 0 spiro atoms. The van der Waals surface area contributed by atoms with E-state index in [0.717, 1.165) is 37.0 Å². The van der Waals surface area contributed by atoms with Crippen molar-refractivity contribution in [3.05, 3.63) is 48.2 Å². The molecule has 0 aliphatic heterocycles. The third kappa shape index (κ3) is 5.09. The van der Waals surface area contributed by atoms with Crippen LogP contribution in [0.3, 0.4) is 0 Å². The van der Waals surface area contributed by atoms with Crippen molar-refractivity contribution in [1.82, 2.24) is 14.7 Å². The minimum atomic E-state index is -0.395. The smallest absolute Gasteiger partial charge is 0.325 e. The van der Waals surface area contributed by atoms with Gasteiger partial charge >= 0.3 is 5.97 Å². The number of nitrogens with two attached hydrogens (primary N) is 1. The van der Waals surface area contributed by atoms with E-state index in [4.69, 9.17) is 20.2 Å². The molecule has 0 unspecified atom stereocenters. The zero-order valence-electron chi connectivity index (χ0n) is 18.8. The molecular weight excluding hydrogens is 422 g/mol. The number of methoxy groups -OCH3 is 2. The Balaban J connectivity index is 1.64. The van der Waals surface area contributed by atoms with Crippen LogP contribution in [-0.4, -0.2) is 54.1 Å². The average molecular weight is 452 g/mol. The van der Waals surface area contributed by atoms with Crippen molar-refractivity contribution in [2.45, 2.75) is 37.8 Å². The van der Waals surface area contributed by atoms with E-state index in [2.05, 4.69) is 10.6 Å². The highest BCUT2D eigenvalue weighted by Crippen LogP contribution is 2.30. The highest BCUT2D eigenvalue weighted by Gasteiger charge is 2.22. The molecule has 2 heterocycles. The fourth-order valence-electron chi connectivity index (χ4n) is 4.07. The maximum Gasteiger partial charge on any atom is 0.325 e. The first-order valence-electron chi connectivity index (χ1n) is 11.0. The molecule has 4 rings (SSSR count). The maximum absolute atomic E-state index is 12.9. The van der Waals surface area contributed by atoms with E-state index in [1.807, 2.05) is 28.7 Å². The lowest BCUT2D eigenvalue weighted by Crippen LogP contribution is -2.40. The number of ether oxygens (including phenoxy) is 2. The highest BCUT2D eigenvalue weighted by molar-refractivity contribution is 5.95. The van der Waals surface area contributed by atoms with Crippen molar-refractivity contribution in [3.63, 3.8) is 0 Å². The van der Waals surface area contributed by atoms with Crippen LogP contribution in [0.5, 0.6) is 5.75 Å². The Morgan fingerprint density at radius 2 is 1.85 bits per heavy atom. The number of carbonyl (C=O) groups excluding carboxylic acids is 2. The van der Waals surface area contributed by atoms with Crippen LogP contribution < -0.4 is 21.1 Å². The van der Waals surface area contributed by atoms with E-state index in [-0.39, 0.29) is 24.5 Å². The molecule has 0 saturated heterocycles. The molecule has 0 radical (unpaired) electrons. The number of carbonyl (C=O) groups is 2. The zero-order chi connectivity index (χ0) is 23.4. The first-order chi connectivity index (χ1) is 16.0. The summed E-state index contributed by atoms with van der Waals surface area (Å²) in [4.78, 5) is 29.3. The summed E-state index contributed by atoms with van der Waals surface area (Å²) in [5, 5.41) is 6.23. The summed E-state index contributed by atoms with van der Waals surface area (Å²) in [6, 6.07) is 11.3. The number of nitrogens with one attached hydrogen (secondary N) is 2. The van der Waals surface area contributed by atoms with Crippen LogP contribution in [0, 0.1) is 0 Å². The number of aromatic nitrogens is 2. The van der Waals surface area contributed by atoms with Crippen LogP contribution in [0.15, 0.2) is 42.6 Å². The molecule has 1 aromatic carbocycles. The number of imidazole rings is 1. The second-order valence-electron chi connectivity index (χ2n) is 8.20. The monoisotopic (exact) mass is 451 g/mol. The predicted octanol–water partition coefficient (Wildman–Crippen LogP) is 2.59. The van der Waals surface area contributed by atoms with Gasteiger partial charge < -0.3 is 25.8 Å². The first-order valence-corrected chi connectivity index (χ1v) is 11.0. The molecule has 33 heavy (non-hydrogen) atoms. The van der Waals surface area contributed by atoms with Gasteiger partial charge in [-0.3, -0.25) is 14.0 Å². The molecule has 1 saturated carbocycles. The predicted molar refractivity (Wildman–Crippen MR) is 125 cm³/mol. The second-order valence-corrected chi connectivity index (χ2v) is 8.20. The number of pyridine rings is 1. The number of esters is 1. The van der Waals surface area contributed by atoms with E-state index < -0.39 is 5.97 Å². The molecule has 4 N–H and O–H groups in total. The standard InChI is InChI=1S/C24H29N5O4/c1-32-19-9-3-15(4-10-19)22-23(26-14-21(30)33-2)29-12-11-16(13-20(29)28-22)24(31)27-18-7-5-17(25)6-8-18/h3-4,9-13,17-18,26H,5-8,14,25H2,1-2H3,(H,27,31). The molecule has 3 aromatic rings. The van der Waals surface area contributed by atoms with Crippen molar-refractivity contribution >= 4 is 23.3 Å². The summed E-state index contributed by atoms with van der Waals surface area (Å²) in [6.07, 6.45) is 5.40. The number of hydrogen-bond acceptors (Lipinski definition) is 7. The van der Waals surface area contributed by atoms with Crippen LogP contribution >= 0.6 is 0 Å². The van der Waals surface area contributed by atoms with Gasteiger partial charge in [-0.05, 0) is 62.1 Å². The molecule has 174 valence electrons. The number of hydrogen-bond donors (Lipinski definition) is 3. The Hall–Kier alpha value is -3.59. The van der Waals surface area contributed by atoms with Crippen LogP contribution in [0.1, 0.15) is 36.0 Å². The van der Waals surface area contributed by atoms with Gasteiger partial charge in [-0.25, -0.2) is 4.98 Å². The Bertz CT molecular complexity index is 1130. The fraction of sp³-hybridized carbons (Fsp3) is 0.375. The largest absolute Gasteiger partial charge is 0.497 e. The number of benzene rings is 1. The Morgan fingerprint density at radius 3 is 2.52 bits per heavy atom. The lowest BCUT2D eigenvalue weighted by molar-refractivity contribution is -0.138. The SMILES string of the molecule is COC(=O)CNc1c(-c2ccc(OC)cc2)nc2cc(C(=O)NC3CCC(N)CC3)ccn12. The van der Waals surface area contributed by atoms with E-state index in [1.54, 1.807) is 25.4 Å². The molecule has 1 aliphatic carbocycles. The van der Waals surface area contributed by atoms with Crippen molar-refractivity contribution in [1.29, 1.82) is 0 Å². The maximum atomic E-state index is 12.9. The van der Waals surface area contributed by atoms with Gasteiger partial charge in [-0.2, -0.15) is 0 Å². The topological polar surface area (TPSA) is 120 Å². The molecule has 0 bridgehead atoms. The number of amides is 1. The zero-order valence-corrected chi connectivity index (χ0v) is 18.8. The Kier molecular flexibility index (Phi) is 6.79. The summed E-state index contributed by atoms with van der Waals surface area (Å²) >= 11 is 0. The minimum Gasteiger partial charge on any atom is -0.497 e. The molecule has 0 atom stereocenters. The Labute approximate surface area is 192 Å². The molecular formula is C24H29N5O4. The van der Waals surface area contributed by atoms with Gasteiger partial charge in [0.05, 0.1) is 14.2 Å². The summed E-state index contributed by atoms with van der Waals surface area (Å²) in [5.74, 6) is 0.841. The summed E-state index contributed by atoms with van der Waals surface area (Å²) in [6.45, 7) is -0.0144. The van der Waals surface area contributed by atoms with E-state index >= 15 is 0 Å². The Morgan fingerprint density at radius 1 is 1.12 bits per heavy atom. The van der Waals surface area contributed by atoms with Gasteiger partial charge in [-0.15, -0.1) is 0 Å². The van der Waals surface area contributed by atoms with E-state index in [9.17, 15) is 9.59 Å². The van der Waals surface area contributed by atoms with Crippen LogP contribution in [0.4, 0.5) is 5.82 Å². The van der Waals surface area contributed by atoms with Gasteiger partial charge in [0.25, 0.3) is 5.91 Å². The van der Waals surface area contributed by atoms with E-state index in [0.29, 0.717) is 22.7 Å². The van der Waals surface area contributed by atoms with Gasteiger partial charge in [0, 0.05) is 29.4 Å². The van der Waals surface area contributed by atoms with Crippen molar-refractivity contribution in [2.24, 2.45) is 5.73 Å². The van der Waals surface area contributed by atoms with Crippen LogP contribution in [-0.2, 0) is 9.53 Å². The van der Waals surface area contributed by atoms with Gasteiger partial charge in [0.1, 0.15) is 29.5 Å². The molecule has 9 heteroatoms. The fourth-order valence-corrected chi connectivity index (χ4v) is 4.07. The number of anilines is 1. The third-order valence-corrected chi connectivity index (χ3v) is 5.99. The summed E-state index contributed by atoms with van der Waals surface area (Å²) in [5.41, 5.74) is 8.59. The molecule has 1 amide bonds. The van der Waals surface area contributed by atoms with Gasteiger partial charge in [0.2, 0.25) is 0 Å². The molecule has 9 nitrogen and oxygen atoms in total. The molecule has 2 aromatic heterocycles. The molecule has 1 aliphatic rings. The van der Waals surface area contributed by atoms with Crippen molar-refractivity contribution < 1.29 is 19.1 Å². The number of nitrogens with zero attached hydrogens (tertiary/aromatic N) is 2. The second kappa shape index (κ2) is 9.91. The summed E-state index contributed by atoms with van der Waals surface area (Å²) in [7, 11) is 2.95. The molecule has 1 fully saturated rings. The van der Waals surface area contributed by atoms with E-state index in [1.165, 1.54) is 7.11 Å². The lowest BCUT2D eigenvalue weighted by Gasteiger charge is -2.26. The van der Waals surface area contributed by atoms with Gasteiger partial charge in [-0.1, -0.05) is 0 Å². The normalized spacial score (nSPS) is 18.0. The average Bonchev–Trinajstić information content (AvgIpc) is 3.21. The first kappa shape index (κ1) is 22.6. The third-order valence-electron chi connectivity index (χ3n) is 5.99.